The molecule has 2 aromatic rings. The second-order valence-electron chi connectivity index (χ2n) is 4.53. The van der Waals surface area contributed by atoms with E-state index in [1.54, 1.807) is 0 Å². The van der Waals surface area contributed by atoms with Gasteiger partial charge in [0.05, 0.1) is 4.90 Å². The Kier molecular flexibility index (Phi) is 4.32. The molecule has 0 heterocycles. The van der Waals surface area contributed by atoms with Gasteiger partial charge in [-0.25, -0.2) is 17.2 Å². The van der Waals surface area contributed by atoms with Crippen molar-refractivity contribution in [3.8, 4) is 0 Å². The van der Waals surface area contributed by atoms with Crippen LogP contribution < -0.4 is 0 Å². The molecule has 0 aromatic heterocycles. The zero-order valence-corrected chi connectivity index (χ0v) is 12.4. The van der Waals surface area contributed by atoms with Gasteiger partial charge >= 0.3 is 0 Å². The van der Waals surface area contributed by atoms with Gasteiger partial charge in [0.1, 0.15) is 6.10 Å². The molecule has 112 valence electrons. The maximum Gasteiger partial charge on any atom is 0.175 e. The fourth-order valence-corrected chi connectivity index (χ4v) is 2.71. The number of halogens is 3. The number of aliphatic hydroxyl groups is 1. The minimum atomic E-state index is -3.35. The van der Waals surface area contributed by atoms with Gasteiger partial charge in [-0.2, -0.15) is 0 Å². The maximum atomic E-state index is 13.2. The van der Waals surface area contributed by atoms with E-state index < -0.39 is 27.6 Å². The molecule has 1 N–H and O–H groups in total. The first kappa shape index (κ1) is 15.9. The van der Waals surface area contributed by atoms with Crippen LogP contribution in [0.15, 0.2) is 41.3 Å². The van der Waals surface area contributed by atoms with Crippen LogP contribution in [-0.2, 0) is 9.84 Å². The van der Waals surface area contributed by atoms with E-state index in [4.69, 9.17) is 11.6 Å². The Morgan fingerprint density at radius 1 is 1.10 bits per heavy atom. The highest BCUT2D eigenvalue weighted by Gasteiger charge is 2.18. The fraction of sp³-hybridized carbons (Fsp3) is 0.143. The van der Waals surface area contributed by atoms with E-state index in [0.717, 1.165) is 18.4 Å². The molecule has 0 saturated carbocycles. The third-order valence-electron chi connectivity index (χ3n) is 2.96. The highest BCUT2D eigenvalue weighted by molar-refractivity contribution is 7.90. The van der Waals surface area contributed by atoms with Crippen LogP contribution >= 0.6 is 11.6 Å². The monoisotopic (exact) mass is 332 g/mol. The summed E-state index contributed by atoms with van der Waals surface area (Å²) in [6, 6.07) is 7.01. The van der Waals surface area contributed by atoms with Crippen molar-refractivity contribution in [3.63, 3.8) is 0 Å². The van der Waals surface area contributed by atoms with Crippen LogP contribution in [0, 0.1) is 11.6 Å². The third kappa shape index (κ3) is 3.40. The number of benzene rings is 2. The molecule has 0 aliphatic carbocycles. The molecule has 21 heavy (non-hydrogen) atoms. The third-order valence-corrected chi connectivity index (χ3v) is 4.41. The van der Waals surface area contributed by atoms with Crippen molar-refractivity contribution in [2.75, 3.05) is 6.26 Å². The first-order chi connectivity index (χ1) is 9.70. The van der Waals surface area contributed by atoms with Gasteiger partial charge < -0.3 is 5.11 Å². The molecular weight excluding hydrogens is 322 g/mol. The Balaban J connectivity index is 2.41. The Morgan fingerprint density at radius 3 is 2.14 bits per heavy atom. The van der Waals surface area contributed by atoms with Crippen molar-refractivity contribution in [3.05, 3.63) is 64.2 Å². The summed E-state index contributed by atoms with van der Waals surface area (Å²) < 4.78 is 48.9. The number of hydrogen-bond acceptors (Lipinski definition) is 3. The molecule has 2 rings (SSSR count). The maximum absolute atomic E-state index is 13.2. The van der Waals surface area contributed by atoms with Crippen LogP contribution in [0.3, 0.4) is 0 Å². The Labute approximate surface area is 125 Å². The quantitative estimate of drug-likeness (QED) is 0.879. The lowest BCUT2D eigenvalue weighted by Crippen LogP contribution is -2.03. The molecule has 3 nitrogen and oxygen atoms in total. The van der Waals surface area contributed by atoms with E-state index in [1.807, 2.05) is 0 Å². The molecule has 1 unspecified atom stereocenters. The fourth-order valence-electron chi connectivity index (χ4n) is 1.82. The van der Waals surface area contributed by atoms with Crippen LogP contribution in [-0.4, -0.2) is 19.8 Å². The van der Waals surface area contributed by atoms with E-state index in [1.165, 1.54) is 24.3 Å². The van der Waals surface area contributed by atoms with Gasteiger partial charge in [-0.15, -0.1) is 0 Å². The van der Waals surface area contributed by atoms with Crippen LogP contribution in [0.1, 0.15) is 17.2 Å². The standard InChI is InChI=1S/C14H11ClF2O3S/c1-21(19,20)9-4-2-8(3-5-9)14(18)10-6-12(16)13(17)7-11(10)15/h2-7,14,18H,1H3. The molecule has 0 bridgehead atoms. The smallest absolute Gasteiger partial charge is 0.175 e. The molecule has 0 saturated heterocycles. The molecule has 0 radical (unpaired) electrons. The average molecular weight is 333 g/mol. The van der Waals surface area contributed by atoms with E-state index in [9.17, 15) is 22.3 Å². The van der Waals surface area contributed by atoms with Crippen molar-refractivity contribution >= 4 is 21.4 Å². The highest BCUT2D eigenvalue weighted by atomic mass is 35.5. The summed E-state index contributed by atoms with van der Waals surface area (Å²) in [6.45, 7) is 0. The van der Waals surface area contributed by atoms with Gasteiger partial charge in [0.25, 0.3) is 0 Å². The minimum absolute atomic E-state index is 0.00247. The lowest BCUT2D eigenvalue weighted by molar-refractivity contribution is 0.219. The molecule has 2 aromatic carbocycles. The van der Waals surface area contributed by atoms with E-state index in [0.29, 0.717) is 5.56 Å². The first-order valence-corrected chi connectivity index (χ1v) is 8.09. The molecular formula is C14H11ClF2O3S. The second kappa shape index (κ2) is 5.71. The van der Waals surface area contributed by atoms with Gasteiger partial charge in [0.15, 0.2) is 21.5 Å². The molecule has 7 heteroatoms. The van der Waals surface area contributed by atoms with Crippen LogP contribution in [0.5, 0.6) is 0 Å². The molecule has 1 atom stereocenters. The van der Waals surface area contributed by atoms with Gasteiger partial charge in [-0.3, -0.25) is 0 Å². The van der Waals surface area contributed by atoms with E-state index >= 15 is 0 Å². The van der Waals surface area contributed by atoms with Gasteiger partial charge in [0, 0.05) is 16.8 Å². The summed E-state index contributed by atoms with van der Waals surface area (Å²) in [5, 5.41) is 10.0. The van der Waals surface area contributed by atoms with Crippen molar-refractivity contribution in [2.24, 2.45) is 0 Å². The van der Waals surface area contributed by atoms with E-state index in [2.05, 4.69) is 0 Å². The molecule has 0 aliphatic heterocycles. The summed E-state index contributed by atoms with van der Waals surface area (Å²) in [5.41, 5.74) is 0.318. The summed E-state index contributed by atoms with van der Waals surface area (Å²) >= 11 is 5.79. The average Bonchev–Trinajstić information content (AvgIpc) is 2.41. The zero-order chi connectivity index (χ0) is 15.8. The van der Waals surface area contributed by atoms with Crippen LogP contribution in [0.25, 0.3) is 0 Å². The van der Waals surface area contributed by atoms with Gasteiger partial charge in [0.2, 0.25) is 0 Å². The summed E-state index contributed by atoms with van der Waals surface area (Å²) in [7, 11) is -3.35. The lowest BCUT2D eigenvalue weighted by Gasteiger charge is -2.14. The molecule has 0 amide bonds. The number of aliphatic hydroxyl groups excluding tert-OH is 1. The topological polar surface area (TPSA) is 54.4 Å². The van der Waals surface area contributed by atoms with Crippen LogP contribution in [0.2, 0.25) is 5.02 Å². The predicted molar refractivity (Wildman–Crippen MR) is 75.0 cm³/mol. The number of rotatable bonds is 3. The van der Waals surface area contributed by atoms with Crippen LogP contribution in [0.4, 0.5) is 8.78 Å². The Hall–Kier alpha value is -1.50. The molecule has 0 aliphatic rings. The largest absolute Gasteiger partial charge is 0.384 e. The first-order valence-electron chi connectivity index (χ1n) is 5.82. The molecule has 0 fully saturated rings. The summed E-state index contributed by atoms with van der Waals surface area (Å²) in [5.74, 6) is -2.23. The minimum Gasteiger partial charge on any atom is -0.384 e. The Bertz CT molecular complexity index is 774. The highest BCUT2D eigenvalue weighted by Crippen LogP contribution is 2.30. The van der Waals surface area contributed by atoms with Crippen molar-refractivity contribution < 1.29 is 22.3 Å². The van der Waals surface area contributed by atoms with E-state index in [-0.39, 0.29) is 15.5 Å². The summed E-state index contributed by atoms with van der Waals surface area (Å²) in [4.78, 5) is 0.0924. The van der Waals surface area contributed by atoms with Gasteiger partial charge in [-0.05, 0) is 29.8 Å². The van der Waals surface area contributed by atoms with Gasteiger partial charge in [-0.1, -0.05) is 23.7 Å². The summed E-state index contributed by atoms with van der Waals surface area (Å²) in [6.07, 6.45) is -0.230. The lowest BCUT2D eigenvalue weighted by atomic mass is 10.0. The SMILES string of the molecule is CS(=O)(=O)c1ccc(C(O)c2cc(F)c(F)cc2Cl)cc1. The molecule has 0 spiro atoms. The predicted octanol–water partition coefficient (Wildman–Crippen LogP) is 3.10. The second-order valence-corrected chi connectivity index (χ2v) is 6.95. The van der Waals surface area contributed by atoms with Crippen molar-refractivity contribution in [2.45, 2.75) is 11.0 Å². The Morgan fingerprint density at radius 2 is 1.62 bits per heavy atom. The normalized spacial score (nSPS) is 13.2. The number of hydrogen-bond donors (Lipinski definition) is 1. The zero-order valence-electron chi connectivity index (χ0n) is 10.8. The van der Waals surface area contributed by atoms with Crippen molar-refractivity contribution in [1.82, 2.24) is 0 Å². The van der Waals surface area contributed by atoms with Crippen molar-refractivity contribution in [1.29, 1.82) is 0 Å². The number of sulfone groups is 1.